The summed E-state index contributed by atoms with van der Waals surface area (Å²) in [7, 11) is 0. The standard InChI is InChI=1S/C21H16ClN3OS/c1-2-11-25(14-16-9-7-15(12-23)8-10-16)21(26)19-13-24-20(27-19)17-5-3-4-6-18(17)22/h2-10,13H,1,11,14H2. The number of hydrogen-bond donors (Lipinski definition) is 0. The molecule has 1 heterocycles. The summed E-state index contributed by atoms with van der Waals surface area (Å²) in [4.78, 5) is 19.6. The molecule has 2 aromatic carbocycles. The molecule has 0 saturated heterocycles. The molecule has 0 aliphatic carbocycles. The van der Waals surface area contributed by atoms with Crippen LogP contribution in [0.1, 0.15) is 20.8 Å². The van der Waals surface area contributed by atoms with Crippen LogP contribution in [-0.2, 0) is 6.54 Å². The molecule has 0 aliphatic rings. The second-order valence-corrected chi connectivity index (χ2v) is 7.23. The highest BCUT2D eigenvalue weighted by Gasteiger charge is 2.19. The van der Waals surface area contributed by atoms with Gasteiger partial charge in [0.2, 0.25) is 0 Å². The Balaban J connectivity index is 1.81. The molecule has 0 atom stereocenters. The van der Waals surface area contributed by atoms with Gasteiger partial charge in [-0.05, 0) is 23.8 Å². The van der Waals surface area contributed by atoms with E-state index in [1.807, 2.05) is 30.3 Å². The summed E-state index contributed by atoms with van der Waals surface area (Å²) in [6.45, 7) is 4.58. The zero-order valence-corrected chi connectivity index (χ0v) is 16.0. The minimum Gasteiger partial charge on any atom is -0.330 e. The minimum atomic E-state index is -0.116. The van der Waals surface area contributed by atoms with E-state index < -0.39 is 0 Å². The first kappa shape index (κ1) is 18.8. The van der Waals surface area contributed by atoms with E-state index in [1.54, 1.807) is 35.4 Å². The molecule has 4 nitrogen and oxygen atoms in total. The Morgan fingerprint density at radius 1 is 1.26 bits per heavy atom. The lowest BCUT2D eigenvalue weighted by Crippen LogP contribution is -2.30. The Labute approximate surface area is 167 Å². The topological polar surface area (TPSA) is 57.0 Å². The van der Waals surface area contributed by atoms with Gasteiger partial charge < -0.3 is 4.90 Å². The maximum Gasteiger partial charge on any atom is 0.266 e. The maximum atomic E-state index is 13.0. The minimum absolute atomic E-state index is 0.116. The Morgan fingerprint density at radius 2 is 2.00 bits per heavy atom. The number of amides is 1. The Kier molecular flexibility index (Phi) is 6.02. The summed E-state index contributed by atoms with van der Waals surface area (Å²) in [5, 5.41) is 10.2. The molecule has 1 aromatic heterocycles. The maximum absolute atomic E-state index is 13.0. The number of carbonyl (C=O) groups is 1. The first-order chi connectivity index (χ1) is 13.1. The quantitative estimate of drug-likeness (QED) is 0.543. The van der Waals surface area contributed by atoms with Crippen molar-refractivity contribution in [2.24, 2.45) is 0 Å². The summed E-state index contributed by atoms with van der Waals surface area (Å²) in [6.07, 6.45) is 3.28. The van der Waals surface area contributed by atoms with E-state index in [9.17, 15) is 4.79 Å². The molecule has 3 aromatic rings. The molecule has 0 saturated carbocycles. The third kappa shape index (κ3) is 4.43. The van der Waals surface area contributed by atoms with Crippen molar-refractivity contribution in [3.63, 3.8) is 0 Å². The molecule has 0 bridgehead atoms. The Morgan fingerprint density at radius 3 is 2.67 bits per heavy atom. The molecule has 0 unspecified atom stereocenters. The van der Waals surface area contributed by atoms with Crippen LogP contribution < -0.4 is 0 Å². The monoisotopic (exact) mass is 393 g/mol. The predicted octanol–water partition coefficient (Wildman–Crippen LogP) is 5.16. The van der Waals surface area contributed by atoms with Crippen LogP contribution in [0.25, 0.3) is 10.6 Å². The van der Waals surface area contributed by atoms with Crippen LogP contribution in [0.5, 0.6) is 0 Å². The Hall–Kier alpha value is -2.94. The molecular formula is C21H16ClN3OS. The number of nitriles is 1. The number of benzene rings is 2. The first-order valence-corrected chi connectivity index (χ1v) is 9.41. The zero-order valence-electron chi connectivity index (χ0n) is 14.4. The van der Waals surface area contributed by atoms with E-state index in [4.69, 9.17) is 16.9 Å². The molecule has 27 heavy (non-hydrogen) atoms. The second-order valence-electron chi connectivity index (χ2n) is 5.79. The second kappa shape index (κ2) is 8.63. The molecule has 0 fully saturated rings. The third-order valence-corrected chi connectivity index (χ3v) is 5.26. The third-order valence-electron chi connectivity index (χ3n) is 3.91. The van der Waals surface area contributed by atoms with Gasteiger partial charge in [-0.25, -0.2) is 4.98 Å². The number of carbonyl (C=O) groups excluding carboxylic acids is 1. The number of rotatable bonds is 6. The lowest BCUT2D eigenvalue weighted by atomic mass is 10.1. The van der Waals surface area contributed by atoms with Crippen LogP contribution in [0.2, 0.25) is 5.02 Å². The Bertz CT molecular complexity index is 1000. The van der Waals surface area contributed by atoms with Gasteiger partial charge in [0.15, 0.2) is 0 Å². The van der Waals surface area contributed by atoms with E-state index >= 15 is 0 Å². The molecule has 1 amide bonds. The normalized spacial score (nSPS) is 10.2. The van der Waals surface area contributed by atoms with Crippen LogP contribution in [0, 0.1) is 11.3 Å². The van der Waals surface area contributed by atoms with E-state index in [0.717, 1.165) is 11.1 Å². The molecule has 0 aliphatic heterocycles. The highest BCUT2D eigenvalue weighted by atomic mass is 35.5. The molecule has 0 spiro atoms. The van der Waals surface area contributed by atoms with Crippen LogP contribution >= 0.6 is 22.9 Å². The average Bonchev–Trinajstić information content (AvgIpc) is 3.18. The molecule has 6 heteroatoms. The van der Waals surface area contributed by atoms with Gasteiger partial charge in [0.05, 0.1) is 22.9 Å². The van der Waals surface area contributed by atoms with E-state index in [1.165, 1.54) is 11.3 Å². The van der Waals surface area contributed by atoms with Crippen molar-refractivity contribution < 1.29 is 4.79 Å². The number of hydrogen-bond acceptors (Lipinski definition) is 4. The van der Waals surface area contributed by atoms with Gasteiger partial charge in [-0.2, -0.15) is 5.26 Å². The van der Waals surface area contributed by atoms with Crippen molar-refractivity contribution in [2.75, 3.05) is 6.54 Å². The van der Waals surface area contributed by atoms with E-state index in [2.05, 4.69) is 17.6 Å². The highest BCUT2D eigenvalue weighted by molar-refractivity contribution is 7.17. The average molecular weight is 394 g/mol. The summed E-state index contributed by atoms with van der Waals surface area (Å²) < 4.78 is 0. The fraction of sp³-hybridized carbons (Fsp3) is 0.0952. The lowest BCUT2D eigenvalue weighted by molar-refractivity contribution is 0.0767. The zero-order chi connectivity index (χ0) is 19.2. The van der Waals surface area contributed by atoms with Crippen molar-refractivity contribution in [1.82, 2.24) is 9.88 Å². The van der Waals surface area contributed by atoms with Crippen LogP contribution in [0.15, 0.2) is 67.4 Å². The fourth-order valence-electron chi connectivity index (χ4n) is 2.57. The lowest BCUT2D eigenvalue weighted by Gasteiger charge is -2.20. The molecule has 134 valence electrons. The van der Waals surface area contributed by atoms with E-state index in [-0.39, 0.29) is 5.91 Å². The van der Waals surface area contributed by atoms with E-state index in [0.29, 0.717) is 33.6 Å². The van der Waals surface area contributed by atoms with Crippen molar-refractivity contribution in [3.05, 3.63) is 88.4 Å². The van der Waals surface area contributed by atoms with Crippen LogP contribution in [0.4, 0.5) is 0 Å². The smallest absolute Gasteiger partial charge is 0.266 e. The van der Waals surface area contributed by atoms with Crippen molar-refractivity contribution >= 4 is 28.8 Å². The van der Waals surface area contributed by atoms with Gasteiger partial charge in [0.25, 0.3) is 5.91 Å². The van der Waals surface area contributed by atoms with Gasteiger partial charge in [0.1, 0.15) is 9.88 Å². The van der Waals surface area contributed by atoms with Gasteiger partial charge >= 0.3 is 0 Å². The molecular weight excluding hydrogens is 378 g/mol. The predicted molar refractivity (Wildman–Crippen MR) is 109 cm³/mol. The van der Waals surface area contributed by atoms with Crippen LogP contribution in [-0.4, -0.2) is 22.3 Å². The van der Waals surface area contributed by atoms with Crippen molar-refractivity contribution in [2.45, 2.75) is 6.54 Å². The van der Waals surface area contributed by atoms with Crippen molar-refractivity contribution in [3.8, 4) is 16.6 Å². The summed E-state index contributed by atoms with van der Waals surface area (Å²) >= 11 is 7.54. The highest BCUT2D eigenvalue weighted by Crippen LogP contribution is 2.31. The number of halogens is 1. The van der Waals surface area contributed by atoms with Crippen molar-refractivity contribution in [1.29, 1.82) is 5.26 Å². The summed E-state index contributed by atoms with van der Waals surface area (Å²) in [5.74, 6) is -0.116. The summed E-state index contributed by atoms with van der Waals surface area (Å²) in [5.41, 5.74) is 2.35. The number of thiazole rings is 1. The van der Waals surface area contributed by atoms with Gasteiger partial charge in [-0.15, -0.1) is 17.9 Å². The molecule has 0 radical (unpaired) electrons. The van der Waals surface area contributed by atoms with Gasteiger partial charge in [-0.1, -0.05) is 48.0 Å². The van der Waals surface area contributed by atoms with Gasteiger partial charge in [-0.3, -0.25) is 4.79 Å². The molecule has 3 rings (SSSR count). The number of nitrogens with zero attached hydrogens (tertiary/aromatic N) is 3. The fourth-order valence-corrected chi connectivity index (χ4v) is 3.77. The number of aromatic nitrogens is 1. The SMILES string of the molecule is C=CCN(Cc1ccc(C#N)cc1)C(=O)c1cnc(-c2ccccc2Cl)s1. The first-order valence-electron chi connectivity index (χ1n) is 8.22. The molecule has 0 N–H and O–H groups in total. The largest absolute Gasteiger partial charge is 0.330 e. The van der Waals surface area contributed by atoms with Crippen LogP contribution in [0.3, 0.4) is 0 Å². The van der Waals surface area contributed by atoms with Gasteiger partial charge in [0, 0.05) is 18.7 Å². The summed E-state index contributed by atoms with van der Waals surface area (Å²) in [6, 6.07) is 16.7.